The third kappa shape index (κ3) is 5.24. The molecule has 0 saturated carbocycles. The Morgan fingerprint density at radius 2 is 1.78 bits per heavy atom. The van der Waals surface area contributed by atoms with E-state index >= 15 is 0 Å². The highest BCUT2D eigenvalue weighted by Crippen LogP contribution is 2.42. The summed E-state index contributed by atoms with van der Waals surface area (Å²) in [4.78, 5) is 41.7. The highest BCUT2D eigenvalue weighted by molar-refractivity contribution is 5.99. The van der Waals surface area contributed by atoms with Gasteiger partial charge in [0.15, 0.2) is 11.5 Å². The molecule has 9 nitrogen and oxygen atoms in total. The van der Waals surface area contributed by atoms with Crippen LogP contribution in [0.4, 0.5) is 0 Å². The Hall–Kier alpha value is -3.75. The molecule has 3 amide bonds. The predicted octanol–water partition coefficient (Wildman–Crippen LogP) is 2.93. The summed E-state index contributed by atoms with van der Waals surface area (Å²) in [5.41, 5.74) is 2.28. The predicted molar refractivity (Wildman–Crippen MR) is 133 cm³/mol. The lowest BCUT2D eigenvalue weighted by Gasteiger charge is -2.29. The number of amides is 3. The molecular formula is C27H33N3O6. The van der Waals surface area contributed by atoms with E-state index in [4.69, 9.17) is 14.2 Å². The number of benzene rings is 2. The van der Waals surface area contributed by atoms with E-state index in [0.29, 0.717) is 60.9 Å². The van der Waals surface area contributed by atoms with Crippen molar-refractivity contribution < 1.29 is 28.6 Å². The summed E-state index contributed by atoms with van der Waals surface area (Å²) in [5.74, 6) is 1.23. The molecule has 1 N–H and O–H groups in total. The number of carbonyl (C=O) groups is 3. The largest absolute Gasteiger partial charge is 0.493 e. The monoisotopic (exact) mass is 495 g/mol. The molecule has 0 unspecified atom stereocenters. The minimum atomic E-state index is -0.543. The standard InChI is InChI=1S/C27H33N3O6/c1-34-22-14-19(15-23(35-2)26(22)36-3)21(30-17-18-8-4-5-9-20(18)27(30)33)16-24(31)28-11-7-13-29-12-6-10-25(29)32/h4-5,8-9,14-15,21H,6-7,10-13,16-17H2,1-3H3,(H,28,31)/t21-/m0/s1. The molecule has 2 heterocycles. The van der Waals surface area contributed by atoms with Gasteiger partial charge in [-0.05, 0) is 42.2 Å². The minimum absolute atomic E-state index is 0.0704. The van der Waals surface area contributed by atoms with Gasteiger partial charge in [-0.2, -0.15) is 0 Å². The van der Waals surface area contributed by atoms with Crippen LogP contribution >= 0.6 is 0 Å². The van der Waals surface area contributed by atoms with E-state index in [9.17, 15) is 14.4 Å². The second kappa shape index (κ2) is 11.3. The van der Waals surface area contributed by atoms with E-state index in [2.05, 4.69) is 5.32 Å². The lowest BCUT2D eigenvalue weighted by atomic mass is 10.00. The Kier molecular flexibility index (Phi) is 7.97. The van der Waals surface area contributed by atoms with Gasteiger partial charge in [-0.1, -0.05) is 18.2 Å². The van der Waals surface area contributed by atoms with Crippen LogP contribution in [0.3, 0.4) is 0 Å². The Labute approximate surface area is 211 Å². The number of rotatable bonds is 11. The molecule has 9 heteroatoms. The van der Waals surface area contributed by atoms with Gasteiger partial charge >= 0.3 is 0 Å². The lowest BCUT2D eigenvalue weighted by molar-refractivity contribution is -0.127. The number of carbonyl (C=O) groups excluding carboxylic acids is 3. The molecule has 2 aromatic rings. The number of hydrogen-bond acceptors (Lipinski definition) is 6. The molecular weight excluding hydrogens is 462 g/mol. The Morgan fingerprint density at radius 1 is 1.06 bits per heavy atom. The van der Waals surface area contributed by atoms with Gasteiger partial charge in [0, 0.05) is 38.2 Å². The van der Waals surface area contributed by atoms with E-state index in [-0.39, 0.29) is 24.1 Å². The molecule has 2 aliphatic rings. The van der Waals surface area contributed by atoms with Crippen molar-refractivity contribution in [1.82, 2.24) is 15.1 Å². The fourth-order valence-corrected chi connectivity index (χ4v) is 4.92. The van der Waals surface area contributed by atoms with Crippen molar-refractivity contribution in [3.05, 3.63) is 53.1 Å². The number of fused-ring (bicyclic) bond motifs is 1. The zero-order valence-corrected chi connectivity index (χ0v) is 21.0. The molecule has 0 bridgehead atoms. The summed E-state index contributed by atoms with van der Waals surface area (Å²) >= 11 is 0. The first-order valence-corrected chi connectivity index (χ1v) is 12.2. The van der Waals surface area contributed by atoms with E-state index < -0.39 is 6.04 Å². The molecule has 1 saturated heterocycles. The molecule has 2 aliphatic heterocycles. The van der Waals surface area contributed by atoms with Gasteiger partial charge in [0.25, 0.3) is 5.91 Å². The van der Waals surface area contributed by atoms with Crippen LogP contribution in [0, 0.1) is 0 Å². The van der Waals surface area contributed by atoms with Gasteiger partial charge in [0.05, 0.1) is 33.8 Å². The van der Waals surface area contributed by atoms with Crippen LogP contribution in [0.2, 0.25) is 0 Å². The highest BCUT2D eigenvalue weighted by Gasteiger charge is 2.35. The Bertz CT molecular complexity index is 1110. The molecule has 4 rings (SSSR count). The Balaban J connectivity index is 1.54. The summed E-state index contributed by atoms with van der Waals surface area (Å²) in [6.07, 6.45) is 2.25. The second-order valence-corrected chi connectivity index (χ2v) is 8.96. The van der Waals surface area contributed by atoms with Crippen LogP contribution in [-0.2, 0) is 16.1 Å². The van der Waals surface area contributed by atoms with E-state index in [0.717, 1.165) is 18.5 Å². The van der Waals surface area contributed by atoms with Gasteiger partial charge in [-0.15, -0.1) is 0 Å². The molecule has 2 aromatic carbocycles. The number of hydrogen-bond donors (Lipinski definition) is 1. The van der Waals surface area contributed by atoms with Crippen molar-refractivity contribution in [2.75, 3.05) is 41.0 Å². The lowest BCUT2D eigenvalue weighted by Crippen LogP contribution is -2.35. The average Bonchev–Trinajstić information content (AvgIpc) is 3.46. The number of nitrogens with zero attached hydrogens (tertiary/aromatic N) is 2. The minimum Gasteiger partial charge on any atom is -0.493 e. The Morgan fingerprint density at radius 3 is 2.39 bits per heavy atom. The van der Waals surface area contributed by atoms with Crippen LogP contribution in [0.25, 0.3) is 0 Å². The third-order valence-electron chi connectivity index (χ3n) is 6.77. The van der Waals surface area contributed by atoms with Crippen LogP contribution in [0.15, 0.2) is 36.4 Å². The summed E-state index contributed by atoms with van der Waals surface area (Å²) < 4.78 is 16.5. The number of nitrogens with one attached hydrogen (secondary N) is 1. The molecule has 0 radical (unpaired) electrons. The first kappa shape index (κ1) is 25.3. The van der Waals surface area contributed by atoms with Crippen molar-refractivity contribution in [3.63, 3.8) is 0 Å². The zero-order valence-electron chi connectivity index (χ0n) is 21.0. The maximum Gasteiger partial charge on any atom is 0.255 e. The SMILES string of the molecule is COc1cc([C@H](CC(=O)NCCCN2CCCC2=O)N2Cc3ccccc3C2=O)cc(OC)c1OC. The normalized spacial score (nSPS) is 15.6. The van der Waals surface area contributed by atoms with E-state index in [1.165, 1.54) is 21.3 Å². The van der Waals surface area contributed by atoms with Gasteiger partial charge in [0.2, 0.25) is 17.6 Å². The maximum absolute atomic E-state index is 13.3. The molecule has 36 heavy (non-hydrogen) atoms. The topological polar surface area (TPSA) is 97.4 Å². The summed E-state index contributed by atoms with van der Waals surface area (Å²) in [6, 6.07) is 10.5. The van der Waals surface area contributed by atoms with Crippen molar-refractivity contribution in [2.45, 2.75) is 38.3 Å². The molecule has 192 valence electrons. The van der Waals surface area contributed by atoms with Crippen LogP contribution in [0.5, 0.6) is 17.2 Å². The molecule has 1 fully saturated rings. The van der Waals surface area contributed by atoms with Gasteiger partial charge < -0.3 is 29.3 Å². The quantitative estimate of drug-likeness (QED) is 0.482. The van der Waals surface area contributed by atoms with Crippen molar-refractivity contribution in [3.8, 4) is 17.2 Å². The van der Waals surface area contributed by atoms with E-state index in [1.807, 2.05) is 29.2 Å². The maximum atomic E-state index is 13.3. The van der Waals surface area contributed by atoms with E-state index in [1.54, 1.807) is 17.0 Å². The molecule has 0 spiro atoms. The average molecular weight is 496 g/mol. The summed E-state index contributed by atoms with van der Waals surface area (Å²) in [6.45, 7) is 2.28. The van der Waals surface area contributed by atoms with Crippen molar-refractivity contribution in [1.29, 1.82) is 0 Å². The molecule has 0 aliphatic carbocycles. The molecule has 0 aromatic heterocycles. The van der Waals surface area contributed by atoms with Gasteiger partial charge in [-0.25, -0.2) is 0 Å². The first-order valence-electron chi connectivity index (χ1n) is 12.2. The van der Waals surface area contributed by atoms with Gasteiger partial charge in [-0.3, -0.25) is 14.4 Å². The molecule has 1 atom stereocenters. The highest BCUT2D eigenvalue weighted by atomic mass is 16.5. The van der Waals surface area contributed by atoms with Crippen LogP contribution < -0.4 is 19.5 Å². The summed E-state index contributed by atoms with van der Waals surface area (Å²) in [5, 5.41) is 2.96. The van der Waals surface area contributed by atoms with Crippen molar-refractivity contribution in [2.24, 2.45) is 0 Å². The number of methoxy groups -OCH3 is 3. The third-order valence-corrected chi connectivity index (χ3v) is 6.77. The number of likely N-dealkylation sites (tertiary alicyclic amines) is 1. The van der Waals surface area contributed by atoms with Crippen LogP contribution in [-0.4, -0.2) is 68.5 Å². The first-order chi connectivity index (χ1) is 17.5. The number of ether oxygens (including phenoxy) is 3. The second-order valence-electron chi connectivity index (χ2n) is 8.96. The van der Waals surface area contributed by atoms with Crippen molar-refractivity contribution >= 4 is 17.7 Å². The van der Waals surface area contributed by atoms with Gasteiger partial charge in [0.1, 0.15) is 0 Å². The fourth-order valence-electron chi connectivity index (χ4n) is 4.92. The fraction of sp³-hybridized carbons (Fsp3) is 0.444. The summed E-state index contributed by atoms with van der Waals surface area (Å²) in [7, 11) is 4.59. The van der Waals surface area contributed by atoms with Crippen LogP contribution in [0.1, 0.15) is 53.2 Å². The smallest absolute Gasteiger partial charge is 0.255 e. The zero-order chi connectivity index (χ0) is 25.7.